The Morgan fingerprint density at radius 3 is 2.42 bits per heavy atom. The Morgan fingerprint density at radius 1 is 1.29 bits per heavy atom. The molecule has 1 rings (SSSR count). The van der Waals surface area contributed by atoms with Crippen molar-refractivity contribution in [1.29, 1.82) is 0 Å². The van der Waals surface area contributed by atoms with E-state index < -0.39 is 17.7 Å². The van der Waals surface area contributed by atoms with Gasteiger partial charge in [0.05, 0.1) is 5.75 Å². The van der Waals surface area contributed by atoms with Crippen molar-refractivity contribution < 1.29 is 18.7 Å². The maximum absolute atomic E-state index is 12.0. The van der Waals surface area contributed by atoms with E-state index in [-0.39, 0.29) is 28.7 Å². The van der Waals surface area contributed by atoms with Crippen LogP contribution in [-0.4, -0.2) is 52.5 Å². The molecule has 1 N–H and O–H groups in total. The van der Waals surface area contributed by atoms with E-state index in [1.807, 2.05) is 13.8 Å². The quantitative estimate of drug-likeness (QED) is 0.780. The van der Waals surface area contributed by atoms with Crippen molar-refractivity contribution in [2.45, 2.75) is 51.5 Å². The van der Waals surface area contributed by atoms with Crippen LogP contribution in [0.1, 0.15) is 46.6 Å². The van der Waals surface area contributed by atoms with Gasteiger partial charge in [0.15, 0.2) is 0 Å². The van der Waals surface area contributed by atoms with E-state index >= 15 is 0 Å². The molecule has 9 heteroatoms. The molecule has 24 heavy (non-hydrogen) atoms. The standard InChI is InChI=1S/C15H26N4O4S/c1-9(2)11(16-13(21)23-15(3,4)5)12-17-18-14(22-12)24-8-10(20)19(6)7/h9,11H,8H2,1-7H3,(H,16,21)/t11-/m0/s1. The molecule has 1 aromatic heterocycles. The first-order valence-corrected chi connectivity index (χ1v) is 8.64. The predicted molar refractivity (Wildman–Crippen MR) is 90.7 cm³/mol. The Balaban J connectivity index is 2.73. The number of carbonyl (C=O) groups is 2. The lowest BCUT2D eigenvalue weighted by molar-refractivity contribution is -0.125. The molecule has 136 valence electrons. The van der Waals surface area contributed by atoms with Crippen molar-refractivity contribution in [3.63, 3.8) is 0 Å². The number of nitrogens with one attached hydrogen (secondary N) is 1. The average Bonchev–Trinajstić information content (AvgIpc) is 2.88. The number of nitrogens with zero attached hydrogens (tertiary/aromatic N) is 3. The van der Waals surface area contributed by atoms with Gasteiger partial charge in [-0.2, -0.15) is 0 Å². The lowest BCUT2D eigenvalue weighted by atomic mass is 10.1. The van der Waals surface area contributed by atoms with Gasteiger partial charge in [-0.1, -0.05) is 25.6 Å². The highest BCUT2D eigenvalue weighted by molar-refractivity contribution is 7.99. The summed E-state index contributed by atoms with van der Waals surface area (Å²) in [4.78, 5) is 25.0. The van der Waals surface area contributed by atoms with Gasteiger partial charge >= 0.3 is 6.09 Å². The van der Waals surface area contributed by atoms with Crippen molar-refractivity contribution in [2.75, 3.05) is 19.8 Å². The number of hydrogen-bond donors (Lipinski definition) is 1. The SMILES string of the molecule is CC(C)[C@H](NC(=O)OC(C)(C)C)c1nnc(SCC(=O)N(C)C)o1. The minimum absolute atomic E-state index is 0.0271. The summed E-state index contributed by atoms with van der Waals surface area (Å²) in [7, 11) is 3.36. The molecule has 1 aromatic rings. The van der Waals surface area contributed by atoms with Gasteiger partial charge in [0, 0.05) is 14.1 Å². The molecular formula is C15H26N4O4S. The average molecular weight is 358 g/mol. The number of ether oxygens (including phenoxy) is 1. The summed E-state index contributed by atoms with van der Waals surface area (Å²) >= 11 is 1.16. The third-order valence-corrected chi connectivity index (χ3v) is 3.65. The predicted octanol–water partition coefficient (Wildman–Crippen LogP) is 2.47. The van der Waals surface area contributed by atoms with E-state index in [9.17, 15) is 9.59 Å². The van der Waals surface area contributed by atoms with Crippen molar-refractivity contribution in [3.05, 3.63) is 5.89 Å². The summed E-state index contributed by atoms with van der Waals surface area (Å²) in [6.07, 6.45) is -0.545. The summed E-state index contributed by atoms with van der Waals surface area (Å²) in [5, 5.41) is 10.9. The molecule has 0 unspecified atom stereocenters. The zero-order chi connectivity index (χ0) is 18.5. The van der Waals surface area contributed by atoms with Gasteiger partial charge in [0.25, 0.3) is 5.22 Å². The van der Waals surface area contributed by atoms with Crippen LogP contribution < -0.4 is 5.32 Å². The summed E-state index contributed by atoms with van der Waals surface area (Å²) < 4.78 is 10.8. The number of thioether (sulfide) groups is 1. The van der Waals surface area contributed by atoms with E-state index in [4.69, 9.17) is 9.15 Å². The number of amides is 2. The van der Waals surface area contributed by atoms with Gasteiger partial charge in [0.2, 0.25) is 11.8 Å². The van der Waals surface area contributed by atoms with Gasteiger partial charge in [-0.15, -0.1) is 10.2 Å². The Bertz CT molecular complexity index is 566. The molecule has 0 saturated carbocycles. The molecule has 8 nitrogen and oxygen atoms in total. The third kappa shape index (κ3) is 6.77. The molecule has 1 atom stereocenters. The van der Waals surface area contributed by atoms with Crippen molar-refractivity contribution in [3.8, 4) is 0 Å². The van der Waals surface area contributed by atoms with E-state index in [0.717, 1.165) is 11.8 Å². The van der Waals surface area contributed by atoms with Crippen molar-refractivity contribution >= 4 is 23.8 Å². The Morgan fingerprint density at radius 2 is 1.92 bits per heavy atom. The highest BCUT2D eigenvalue weighted by atomic mass is 32.2. The summed E-state index contributed by atoms with van der Waals surface area (Å²) in [6, 6.07) is -0.466. The molecular weight excluding hydrogens is 332 g/mol. The number of rotatable bonds is 6. The highest BCUT2D eigenvalue weighted by Crippen LogP contribution is 2.25. The number of aromatic nitrogens is 2. The Hall–Kier alpha value is -1.77. The van der Waals surface area contributed by atoms with Gasteiger partial charge < -0.3 is 19.4 Å². The van der Waals surface area contributed by atoms with Crippen LogP contribution in [0.3, 0.4) is 0 Å². The zero-order valence-electron chi connectivity index (χ0n) is 15.2. The largest absolute Gasteiger partial charge is 0.444 e. The van der Waals surface area contributed by atoms with Crippen LogP contribution in [0.4, 0.5) is 4.79 Å². The fourth-order valence-corrected chi connectivity index (χ4v) is 2.35. The number of carbonyl (C=O) groups excluding carboxylic acids is 2. The Labute approximate surface area is 146 Å². The lowest BCUT2D eigenvalue weighted by Gasteiger charge is -2.23. The number of hydrogen-bond acceptors (Lipinski definition) is 7. The summed E-state index contributed by atoms with van der Waals surface area (Å²) in [6.45, 7) is 9.23. The molecule has 0 aliphatic rings. The molecule has 2 amide bonds. The van der Waals surface area contributed by atoms with Crippen LogP contribution in [0.5, 0.6) is 0 Å². The highest BCUT2D eigenvalue weighted by Gasteiger charge is 2.27. The molecule has 0 bridgehead atoms. The normalized spacial score (nSPS) is 12.8. The topological polar surface area (TPSA) is 97.6 Å². The summed E-state index contributed by atoms with van der Waals surface area (Å²) in [5.41, 5.74) is -0.589. The van der Waals surface area contributed by atoms with Crippen LogP contribution >= 0.6 is 11.8 Å². The minimum atomic E-state index is -0.589. The molecule has 0 aromatic carbocycles. The van der Waals surface area contributed by atoms with Gasteiger partial charge in [-0.05, 0) is 26.7 Å². The van der Waals surface area contributed by atoms with Crippen molar-refractivity contribution in [1.82, 2.24) is 20.4 Å². The Kier molecular flexibility index (Phi) is 7.07. The number of alkyl carbamates (subject to hydrolysis) is 1. The van der Waals surface area contributed by atoms with E-state index in [2.05, 4.69) is 15.5 Å². The smallest absolute Gasteiger partial charge is 0.408 e. The van der Waals surface area contributed by atoms with Crippen LogP contribution in [0, 0.1) is 5.92 Å². The molecule has 0 fully saturated rings. The van der Waals surface area contributed by atoms with Crippen LogP contribution in [0.25, 0.3) is 0 Å². The monoisotopic (exact) mass is 358 g/mol. The first-order chi connectivity index (χ1) is 11.0. The minimum Gasteiger partial charge on any atom is -0.444 e. The van der Waals surface area contributed by atoms with Crippen LogP contribution in [0.2, 0.25) is 0 Å². The lowest BCUT2D eigenvalue weighted by Crippen LogP contribution is -2.37. The van der Waals surface area contributed by atoms with Gasteiger partial charge in [-0.3, -0.25) is 4.79 Å². The first kappa shape index (κ1) is 20.3. The maximum atomic E-state index is 12.0. The summed E-state index contributed by atoms with van der Waals surface area (Å²) in [5.74, 6) is 0.474. The molecule has 1 heterocycles. The fraction of sp³-hybridized carbons (Fsp3) is 0.733. The van der Waals surface area contributed by atoms with Gasteiger partial charge in [0.1, 0.15) is 11.6 Å². The van der Waals surface area contributed by atoms with E-state index in [1.54, 1.807) is 34.9 Å². The second-order valence-electron chi connectivity index (χ2n) is 6.85. The van der Waals surface area contributed by atoms with Crippen LogP contribution in [0.15, 0.2) is 9.64 Å². The second kappa shape index (κ2) is 8.36. The molecule has 0 aliphatic carbocycles. The van der Waals surface area contributed by atoms with Gasteiger partial charge in [-0.25, -0.2) is 4.79 Å². The molecule has 0 saturated heterocycles. The molecule has 0 spiro atoms. The van der Waals surface area contributed by atoms with Crippen LogP contribution in [-0.2, 0) is 9.53 Å². The maximum Gasteiger partial charge on any atom is 0.408 e. The van der Waals surface area contributed by atoms with E-state index in [1.165, 1.54) is 4.90 Å². The van der Waals surface area contributed by atoms with Crippen molar-refractivity contribution in [2.24, 2.45) is 5.92 Å². The second-order valence-corrected chi connectivity index (χ2v) is 7.78. The fourth-order valence-electron chi connectivity index (χ4n) is 1.61. The molecule has 0 aliphatic heterocycles. The zero-order valence-corrected chi connectivity index (χ0v) is 16.1. The molecule has 0 radical (unpaired) electrons. The first-order valence-electron chi connectivity index (χ1n) is 7.65. The third-order valence-electron chi connectivity index (χ3n) is 2.84. The van der Waals surface area contributed by atoms with E-state index in [0.29, 0.717) is 0 Å².